The summed E-state index contributed by atoms with van der Waals surface area (Å²) in [7, 11) is -5.02. The average Bonchev–Trinajstić information content (AvgIpc) is 3.30. The van der Waals surface area contributed by atoms with E-state index in [9.17, 15) is 39.8 Å². The number of ether oxygens (including phenoxy) is 2. The molecule has 0 bridgehead atoms. The topological polar surface area (TPSA) is 192 Å². The summed E-state index contributed by atoms with van der Waals surface area (Å²) in [6.07, 6.45) is 39.6. The van der Waals surface area contributed by atoms with Crippen LogP contribution in [0.15, 0.2) is 24.3 Å². The smallest absolute Gasteiger partial charge is 0.457 e. The fourth-order valence-corrected chi connectivity index (χ4v) is 9.48. The van der Waals surface area contributed by atoms with E-state index in [-0.39, 0.29) is 13.0 Å². The third-order valence-corrected chi connectivity index (χ3v) is 13.8. The molecule has 0 aromatic rings. The molecule has 12 nitrogen and oxygen atoms in total. The van der Waals surface area contributed by atoms with Gasteiger partial charge in [-0.05, 0) is 44.9 Å². The summed E-state index contributed by atoms with van der Waals surface area (Å²) in [5.74, 6) is -0.475. The van der Waals surface area contributed by atoms with E-state index < -0.39 is 63.1 Å². The van der Waals surface area contributed by atoms with Crippen molar-refractivity contribution in [3.63, 3.8) is 0 Å². The molecule has 0 aromatic carbocycles. The van der Waals surface area contributed by atoms with Gasteiger partial charge in [0, 0.05) is 13.0 Å². The lowest BCUT2D eigenvalue weighted by Crippen LogP contribution is -2.64. The molecule has 390 valence electrons. The molecule has 1 fully saturated rings. The van der Waals surface area contributed by atoms with E-state index in [2.05, 4.69) is 38.2 Å². The zero-order chi connectivity index (χ0) is 48.4. The van der Waals surface area contributed by atoms with E-state index in [1.807, 2.05) is 0 Å². The average molecular weight is 961 g/mol. The summed E-state index contributed by atoms with van der Waals surface area (Å²) in [4.78, 5) is 23.3. The maximum Gasteiger partial charge on any atom is 0.472 e. The van der Waals surface area contributed by atoms with Crippen LogP contribution in [0.3, 0.4) is 0 Å². The van der Waals surface area contributed by atoms with Gasteiger partial charge >= 0.3 is 13.8 Å². The minimum atomic E-state index is -5.02. The van der Waals surface area contributed by atoms with Gasteiger partial charge in [0.05, 0.1) is 13.2 Å². The third-order valence-electron chi connectivity index (χ3n) is 12.8. The predicted molar refractivity (Wildman–Crippen MR) is 267 cm³/mol. The first kappa shape index (κ1) is 62.8. The van der Waals surface area contributed by atoms with Crippen LogP contribution >= 0.6 is 7.82 Å². The first-order valence-corrected chi connectivity index (χ1v) is 28.7. The Hall–Kier alpha value is -1.18. The van der Waals surface area contributed by atoms with Gasteiger partial charge in [0.25, 0.3) is 0 Å². The van der Waals surface area contributed by atoms with Crippen molar-refractivity contribution in [2.75, 3.05) is 19.8 Å². The quantitative estimate of drug-likeness (QED) is 0.0147. The number of hydrogen-bond acceptors (Lipinski definition) is 11. The van der Waals surface area contributed by atoms with E-state index in [4.69, 9.17) is 18.5 Å². The maximum atomic E-state index is 12.9. The van der Waals surface area contributed by atoms with Crippen LogP contribution in [0.1, 0.15) is 245 Å². The van der Waals surface area contributed by atoms with Crippen LogP contribution in [0.25, 0.3) is 0 Å². The summed E-state index contributed by atoms with van der Waals surface area (Å²) in [6.45, 7) is 4.26. The number of phosphoric acid groups is 1. The fraction of sp³-hybridized carbons (Fsp3) is 0.906. The first-order chi connectivity index (χ1) is 32.0. The number of aliphatic hydroxyl groups is 5. The summed E-state index contributed by atoms with van der Waals surface area (Å²) in [6, 6.07) is 0. The van der Waals surface area contributed by atoms with Crippen LogP contribution < -0.4 is 0 Å². The monoisotopic (exact) mass is 961 g/mol. The standard InChI is InChI=1S/C53H101O12P/c1-3-5-7-9-11-13-15-17-19-21-22-23-24-25-26-27-28-30-32-34-36-38-40-42-47(54)64-46(45-63-66(60,61)65-53-51(58)49(56)48(55)50(57)52(53)59)44-62-43-41-39-37-35-33-31-29-20-18-16-14-12-10-8-6-4-2/h12,14,18,20,46,48-53,55-59H,3-11,13,15-17,19,21-45H2,1-2H3,(H,60,61)/b14-12-,20-18-. The molecule has 6 N–H and O–H groups in total. The highest BCUT2D eigenvalue weighted by atomic mass is 31.2. The number of aliphatic hydroxyl groups excluding tert-OH is 5. The first-order valence-electron chi connectivity index (χ1n) is 27.2. The summed E-state index contributed by atoms with van der Waals surface area (Å²) >= 11 is 0. The molecule has 0 aliphatic heterocycles. The Kier molecular flexibility index (Phi) is 41.7. The van der Waals surface area contributed by atoms with E-state index in [1.54, 1.807) is 0 Å². The lowest BCUT2D eigenvalue weighted by molar-refractivity contribution is -0.220. The van der Waals surface area contributed by atoms with Crippen LogP contribution in [0.2, 0.25) is 0 Å². The van der Waals surface area contributed by atoms with Gasteiger partial charge < -0.3 is 39.9 Å². The van der Waals surface area contributed by atoms with Crippen LogP contribution in [0.5, 0.6) is 0 Å². The molecule has 13 heteroatoms. The zero-order valence-corrected chi connectivity index (χ0v) is 42.9. The lowest BCUT2D eigenvalue weighted by atomic mass is 9.85. The van der Waals surface area contributed by atoms with Crippen molar-refractivity contribution in [2.24, 2.45) is 0 Å². The molecule has 6 atom stereocenters. The van der Waals surface area contributed by atoms with Gasteiger partial charge in [0.2, 0.25) is 0 Å². The Morgan fingerprint density at radius 3 is 1.30 bits per heavy atom. The highest BCUT2D eigenvalue weighted by Crippen LogP contribution is 2.47. The van der Waals surface area contributed by atoms with E-state index in [0.29, 0.717) is 13.0 Å². The minimum absolute atomic E-state index is 0.0797. The highest BCUT2D eigenvalue weighted by Gasteiger charge is 2.51. The van der Waals surface area contributed by atoms with Gasteiger partial charge in [-0.1, -0.05) is 218 Å². The number of hydrogen-bond donors (Lipinski definition) is 6. The molecule has 1 saturated carbocycles. The highest BCUT2D eigenvalue weighted by molar-refractivity contribution is 7.47. The Balaban J connectivity index is 2.29. The van der Waals surface area contributed by atoms with Gasteiger partial charge in [0.1, 0.15) is 42.7 Å². The summed E-state index contributed by atoms with van der Waals surface area (Å²) in [5, 5.41) is 50.3. The molecule has 0 amide bonds. The second-order valence-electron chi connectivity index (χ2n) is 19.1. The predicted octanol–water partition coefficient (Wildman–Crippen LogP) is 12.4. The Morgan fingerprint density at radius 1 is 0.485 bits per heavy atom. The molecule has 0 heterocycles. The third kappa shape index (κ3) is 35.0. The fourth-order valence-electron chi connectivity index (χ4n) is 8.51. The largest absolute Gasteiger partial charge is 0.472 e. The van der Waals surface area contributed by atoms with Crippen molar-refractivity contribution >= 4 is 13.8 Å². The van der Waals surface area contributed by atoms with Crippen molar-refractivity contribution in [3.05, 3.63) is 24.3 Å². The minimum Gasteiger partial charge on any atom is -0.457 e. The van der Waals surface area contributed by atoms with Crippen LogP contribution in [-0.4, -0.2) is 98.9 Å². The van der Waals surface area contributed by atoms with E-state index >= 15 is 0 Å². The van der Waals surface area contributed by atoms with E-state index in [0.717, 1.165) is 57.8 Å². The van der Waals surface area contributed by atoms with Crippen LogP contribution in [0, 0.1) is 0 Å². The van der Waals surface area contributed by atoms with Crippen LogP contribution in [0.4, 0.5) is 0 Å². The van der Waals surface area contributed by atoms with Gasteiger partial charge in [-0.3, -0.25) is 13.8 Å². The molecule has 1 aliphatic rings. The number of phosphoric ester groups is 1. The van der Waals surface area contributed by atoms with Gasteiger partial charge in [-0.25, -0.2) is 4.57 Å². The Labute approximate surface area is 402 Å². The van der Waals surface area contributed by atoms with Crippen molar-refractivity contribution in [1.29, 1.82) is 0 Å². The van der Waals surface area contributed by atoms with Crippen molar-refractivity contribution < 1.29 is 58.3 Å². The molecule has 0 saturated heterocycles. The van der Waals surface area contributed by atoms with E-state index in [1.165, 1.54) is 161 Å². The molecule has 0 radical (unpaired) electrons. The van der Waals surface area contributed by atoms with Gasteiger partial charge in [-0.2, -0.15) is 0 Å². The van der Waals surface area contributed by atoms with Crippen molar-refractivity contribution in [2.45, 2.75) is 288 Å². The van der Waals surface area contributed by atoms with Gasteiger partial charge in [-0.15, -0.1) is 0 Å². The number of allylic oxidation sites excluding steroid dienone is 4. The number of rotatable bonds is 47. The normalized spacial score (nSPS) is 21.5. The van der Waals surface area contributed by atoms with Crippen LogP contribution in [-0.2, 0) is 27.9 Å². The molecular formula is C53H101O12P. The molecule has 66 heavy (non-hydrogen) atoms. The second-order valence-corrected chi connectivity index (χ2v) is 20.5. The molecule has 0 spiro atoms. The molecular weight excluding hydrogens is 860 g/mol. The molecule has 6 unspecified atom stereocenters. The number of carbonyl (C=O) groups excluding carboxylic acids is 1. The maximum absolute atomic E-state index is 12.9. The molecule has 1 rings (SSSR count). The Morgan fingerprint density at radius 2 is 0.848 bits per heavy atom. The Bertz CT molecular complexity index is 1190. The second kappa shape index (κ2) is 43.8. The molecule has 1 aliphatic carbocycles. The molecule has 0 aromatic heterocycles. The van der Waals surface area contributed by atoms with Crippen molar-refractivity contribution in [1.82, 2.24) is 0 Å². The van der Waals surface area contributed by atoms with Gasteiger partial charge in [0.15, 0.2) is 0 Å². The summed E-state index contributed by atoms with van der Waals surface area (Å²) in [5.41, 5.74) is 0. The van der Waals surface area contributed by atoms with Crippen molar-refractivity contribution in [3.8, 4) is 0 Å². The number of carbonyl (C=O) groups is 1. The summed E-state index contributed by atoms with van der Waals surface area (Å²) < 4.78 is 34.3. The SMILES string of the molecule is CCCCC/C=C\C/C=C\CCCCCCCCOCC(COP(=O)(O)OC1C(O)C(O)C(O)C(O)C1O)OC(=O)CCCCCCCCCCCCCCCCCCCCCCCCC. The number of esters is 1. The lowest BCUT2D eigenvalue weighted by Gasteiger charge is -2.41. The number of unbranched alkanes of at least 4 members (excludes halogenated alkanes) is 31. The zero-order valence-electron chi connectivity index (χ0n) is 42.0.